The Morgan fingerprint density at radius 2 is 1.07 bits per heavy atom. The predicted molar refractivity (Wildman–Crippen MR) is 241 cm³/mol. The van der Waals surface area contributed by atoms with Crippen LogP contribution in [0.2, 0.25) is 0 Å². The van der Waals surface area contributed by atoms with Crippen molar-refractivity contribution in [3.63, 3.8) is 0 Å². The van der Waals surface area contributed by atoms with Crippen LogP contribution in [0.5, 0.6) is 0 Å². The number of amides is 1. The zero-order valence-electron chi connectivity index (χ0n) is 36.2. The van der Waals surface area contributed by atoms with E-state index in [1.165, 1.54) is 44.9 Å². The fourth-order valence-corrected chi connectivity index (χ4v) is 6.37. The van der Waals surface area contributed by atoms with Crippen LogP contribution in [0, 0.1) is 0 Å². The van der Waals surface area contributed by atoms with E-state index in [2.05, 4.69) is 111 Å². The van der Waals surface area contributed by atoms with Gasteiger partial charge in [-0.2, -0.15) is 0 Å². The molecule has 0 radical (unpaired) electrons. The molecule has 0 rings (SSSR count). The molecule has 0 heterocycles. The average Bonchev–Trinajstić information content (AvgIpc) is 3.19. The highest BCUT2D eigenvalue weighted by atomic mass is 16.5. The van der Waals surface area contributed by atoms with Crippen LogP contribution in [-0.2, 0) is 14.3 Å². The summed E-state index contributed by atoms with van der Waals surface area (Å²) in [6, 6.07) is -0.725. The van der Waals surface area contributed by atoms with Gasteiger partial charge in [-0.3, -0.25) is 9.59 Å². The molecule has 3 unspecified atom stereocenters. The molecule has 0 aliphatic heterocycles. The lowest BCUT2D eigenvalue weighted by atomic mass is 10.0. The summed E-state index contributed by atoms with van der Waals surface area (Å²) < 4.78 is 5.87. The van der Waals surface area contributed by atoms with Crippen LogP contribution in [0.25, 0.3) is 0 Å². The molecule has 0 fully saturated rings. The van der Waals surface area contributed by atoms with Gasteiger partial charge >= 0.3 is 5.97 Å². The summed E-state index contributed by atoms with van der Waals surface area (Å²) in [6.45, 7) is 6.18. The highest BCUT2D eigenvalue weighted by Crippen LogP contribution is 2.16. The first kappa shape index (κ1) is 53.0. The van der Waals surface area contributed by atoms with Crippen LogP contribution in [0.15, 0.2) is 85.1 Å². The molecule has 6 nitrogen and oxygen atoms in total. The third-order valence-corrected chi connectivity index (χ3v) is 9.78. The lowest BCUT2D eigenvalue weighted by molar-refractivity contribution is -0.151. The van der Waals surface area contributed by atoms with E-state index in [0.717, 1.165) is 103 Å². The summed E-state index contributed by atoms with van der Waals surface area (Å²) in [6.07, 6.45) is 55.0. The molecule has 0 aliphatic rings. The van der Waals surface area contributed by atoms with Crippen molar-refractivity contribution < 1.29 is 24.5 Å². The number of unbranched alkanes of at least 4 members (excludes halogenated alkanes) is 15. The van der Waals surface area contributed by atoms with Crippen LogP contribution in [-0.4, -0.2) is 46.9 Å². The summed E-state index contributed by atoms with van der Waals surface area (Å²) in [7, 11) is 0. The molecule has 0 spiro atoms. The first-order valence-corrected chi connectivity index (χ1v) is 22.8. The predicted octanol–water partition coefficient (Wildman–Crippen LogP) is 13.2. The van der Waals surface area contributed by atoms with Gasteiger partial charge in [0.05, 0.1) is 25.2 Å². The van der Waals surface area contributed by atoms with Crippen molar-refractivity contribution in [1.82, 2.24) is 5.32 Å². The maximum absolute atomic E-state index is 13.1. The first-order chi connectivity index (χ1) is 27.5. The third-order valence-electron chi connectivity index (χ3n) is 9.78. The fourth-order valence-electron chi connectivity index (χ4n) is 6.37. The number of esters is 1. The molecule has 0 aromatic heterocycles. The number of rotatable bonds is 39. The molecule has 56 heavy (non-hydrogen) atoms. The van der Waals surface area contributed by atoms with Crippen LogP contribution in [0.3, 0.4) is 0 Å². The van der Waals surface area contributed by atoms with Gasteiger partial charge < -0.3 is 20.3 Å². The van der Waals surface area contributed by atoms with Crippen LogP contribution < -0.4 is 5.32 Å². The zero-order valence-corrected chi connectivity index (χ0v) is 36.2. The minimum absolute atomic E-state index is 0.0268. The average molecular weight is 780 g/mol. The number of ether oxygens (including phenoxy) is 1. The second-order valence-electron chi connectivity index (χ2n) is 15.1. The standard InChI is InChI=1S/C50H85NO5/c1-4-7-10-13-16-19-22-24-26-27-29-32-35-38-41-46(56-50(55)43-40-37-34-31-28-25-23-20-17-14-11-8-5-2)44-49(54)51-47(45-52)48(53)42-39-36-33-30-21-18-15-12-9-6-3/h7-8,10-11,14,16-17,19-20,23-24,26,29,32,46-48,52-53H,4-6,9,12-13,15,18,21-22,25,27-28,30-31,33-45H2,1-3H3,(H,51,54)/b10-7+,11-8+,17-14+,19-16+,23-20-,26-24+,32-29+. The Kier molecular flexibility index (Phi) is 40.9. The quantitative estimate of drug-likeness (QED) is 0.0250. The van der Waals surface area contributed by atoms with E-state index in [0.29, 0.717) is 19.3 Å². The number of aliphatic hydroxyl groups is 2. The van der Waals surface area contributed by atoms with Crippen LogP contribution in [0.1, 0.15) is 194 Å². The Bertz CT molecular complexity index is 1100. The Balaban J connectivity index is 4.76. The number of aliphatic hydroxyl groups excluding tert-OH is 2. The third kappa shape index (κ3) is 37.9. The van der Waals surface area contributed by atoms with Crippen LogP contribution >= 0.6 is 0 Å². The van der Waals surface area contributed by atoms with Crippen molar-refractivity contribution in [2.45, 2.75) is 212 Å². The van der Waals surface area contributed by atoms with E-state index in [4.69, 9.17) is 4.74 Å². The second kappa shape index (κ2) is 43.2. The summed E-state index contributed by atoms with van der Waals surface area (Å²) in [5, 5.41) is 23.6. The van der Waals surface area contributed by atoms with Crippen molar-refractivity contribution in [3.05, 3.63) is 85.1 Å². The SMILES string of the molecule is CC/C=C/C=C/C=C\CCCCCCCC(=O)OC(CCC/C=C/C/C=C/C/C=C/C/C=C/CC)CC(=O)NC(CO)C(O)CCCCCCCCCCCC. The van der Waals surface area contributed by atoms with E-state index in [1.54, 1.807) is 0 Å². The Morgan fingerprint density at radius 1 is 0.554 bits per heavy atom. The van der Waals surface area contributed by atoms with Crippen molar-refractivity contribution >= 4 is 11.9 Å². The molecule has 0 aromatic carbocycles. The molecule has 1 amide bonds. The largest absolute Gasteiger partial charge is 0.462 e. The summed E-state index contributed by atoms with van der Waals surface area (Å²) in [5.41, 5.74) is 0. The van der Waals surface area contributed by atoms with Crippen molar-refractivity contribution in [1.29, 1.82) is 0 Å². The second-order valence-corrected chi connectivity index (χ2v) is 15.1. The highest BCUT2D eigenvalue weighted by Gasteiger charge is 2.24. The Labute approximate surface area is 344 Å². The number of carbonyl (C=O) groups is 2. The molecular formula is C50H85NO5. The van der Waals surface area contributed by atoms with E-state index < -0.39 is 18.2 Å². The topological polar surface area (TPSA) is 95.9 Å². The lowest BCUT2D eigenvalue weighted by Gasteiger charge is -2.24. The molecule has 0 aromatic rings. The smallest absolute Gasteiger partial charge is 0.306 e. The molecule has 0 saturated carbocycles. The monoisotopic (exact) mass is 780 g/mol. The molecule has 320 valence electrons. The maximum atomic E-state index is 13.1. The van der Waals surface area contributed by atoms with Crippen molar-refractivity contribution in [2.75, 3.05) is 6.61 Å². The molecular weight excluding hydrogens is 695 g/mol. The minimum Gasteiger partial charge on any atom is -0.462 e. The van der Waals surface area contributed by atoms with Gasteiger partial charge in [0.15, 0.2) is 0 Å². The zero-order chi connectivity index (χ0) is 41.0. The van der Waals surface area contributed by atoms with Gasteiger partial charge in [-0.05, 0) is 77.0 Å². The van der Waals surface area contributed by atoms with E-state index >= 15 is 0 Å². The number of hydrogen-bond acceptors (Lipinski definition) is 5. The number of allylic oxidation sites excluding steroid dienone is 14. The summed E-state index contributed by atoms with van der Waals surface area (Å²) >= 11 is 0. The van der Waals surface area contributed by atoms with E-state index in [-0.39, 0.29) is 24.9 Å². The van der Waals surface area contributed by atoms with Gasteiger partial charge in [0.25, 0.3) is 0 Å². The molecule has 3 N–H and O–H groups in total. The van der Waals surface area contributed by atoms with Gasteiger partial charge in [0.1, 0.15) is 6.10 Å². The minimum atomic E-state index is -0.807. The maximum Gasteiger partial charge on any atom is 0.306 e. The molecule has 0 aliphatic carbocycles. The lowest BCUT2D eigenvalue weighted by Crippen LogP contribution is -2.46. The van der Waals surface area contributed by atoms with Crippen molar-refractivity contribution in [3.8, 4) is 0 Å². The molecule has 0 bridgehead atoms. The van der Waals surface area contributed by atoms with E-state index in [1.807, 2.05) is 0 Å². The summed E-state index contributed by atoms with van der Waals surface area (Å²) in [5.74, 6) is -0.562. The Hall–Kier alpha value is -2.96. The molecule has 0 saturated heterocycles. The molecule has 6 heteroatoms. The van der Waals surface area contributed by atoms with Crippen molar-refractivity contribution in [2.24, 2.45) is 0 Å². The van der Waals surface area contributed by atoms with Crippen LogP contribution in [0.4, 0.5) is 0 Å². The van der Waals surface area contributed by atoms with Gasteiger partial charge in [-0.1, -0.05) is 189 Å². The van der Waals surface area contributed by atoms with Gasteiger partial charge in [0.2, 0.25) is 5.91 Å². The summed E-state index contributed by atoms with van der Waals surface area (Å²) in [4.78, 5) is 26.0. The molecule has 3 atom stereocenters. The van der Waals surface area contributed by atoms with Gasteiger partial charge in [-0.25, -0.2) is 0 Å². The number of hydrogen-bond donors (Lipinski definition) is 3. The number of carbonyl (C=O) groups excluding carboxylic acids is 2. The van der Waals surface area contributed by atoms with Gasteiger partial charge in [-0.15, -0.1) is 0 Å². The Morgan fingerprint density at radius 3 is 1.68 bits per heavy atom. The normalized spacial score (nSPS) is 14.2. The highest BCUT2D eigenvalue weighted by molar-refractivity contribution is 5.77. The number of nitrogens with one attached hydrogen (secondary N) is 1. The first-order valence-electron chi connectivity index (χ1n) is 22.8. The van der Waals surface area contributed by atoms with Gasteiger partial charge in [0, 0.05) is 6.42 Å². The fraction of sp³-hybridized carbons (Fsp3) is 0.680. The van der Waals surface area contributed by atoms with E-state index in [9.17, 15) is 19.8 Å².